The summed E-state index contributed by atoms with van der Waals surface area (Å²) in [6, 6.07) is 3.56. The monoisotopic (exact) mass is 274 g/mol. The molecule has 0 amide bonds. The molecule has 0 aliphatic rings. The highest BCUT2D eigenvalue weighted by Crippen LogP contribution is 2.20. The molecule has 0 aliphatic carbocycles. The van der Waals surface area contributed by atoms with Crippen molar-refractivity contribution in [1.82, 2.24) is 0 Å². The van der Waals surface area contributed by atoms with E-state index >= 15 is 0 Å². The van der Waals surface area contributed by atoms with Crippen LogP contribution in [0.5, 0.6) is 0 Å². The van der Waals surface area contributed by atoms with Gasteiger partial charge in [0.25, 0.3) is 0 Å². The normalized spacial score (nSPS) is 11.2. The lowest BCUT2D eigenvalue weighted by atomic mass is 10.2. The van der Waals surface area contributed by atoms with Crippen molar-refractivity contribution in [2.75, 3.05) is 18.5 Å². The summed E-state index contributed by atoms with van der Waals surface area (Å²) in [7, 11) is -3.93. The molecule has 0 spiro atoms. The zero-order valence-corrected chi connectivity index (χ0v) is 10.3. The number of nitrogens with two attached hydrogens (primary N) is 1. The second-order valence-corrected chi connectivity index (χ2v) is 5.12. The first-order chi connectivity index (χ1) is 8.36. The molecule has 0 atom stereocenters. The fraction of sp³-hybridized carbons (Fsp3) is 0.300. The largest absolute Gasteiger partial charge is 0.478 e. The van der Waals surface area contributed by atoms with Gasteiger partial charge < -0.3 is 15.5 Å². The average molecular weight is 274 g/mol. The molecule has 100 valence electrons. The minimum Gasteiger partial charge on any atom is -0.478 e. The van der Waals surface area contributed by atoms with E-state index in [1.807, 2.05) is 0 Å². The Morgan fingerprint density at radius 3 is 2.56 bits per heavy atom. The molecule has 0 bridgehead atoms. The van der Waals surface area contributed by atoms with Gasteiger partial charge in [0.05, 0.1) is 10.5 Å². The number of aliphatic hydroxyl groups is 1. The average Bonchev–Trinajstić information content (AvgIpc) is 2.28. The van der Waals surface area contributed by atoms with E-state index in [9.17, 15) is 13.2 Å². The van der Waals surface area contributed by atoms with Crippen molar-refractivity contribution in [3.05, 3.63) is 23.8 Å². The number of rotatable bonds is 6. The molecule has 0 radical (unpaired) electrons. The molecule has 18 heavy (non-hydrogen) atoms. The Morgan fingerprint density at radius 2 is 2.06 bits per heavy atom. The minimum atomic E-state index is -3.93. The van der Waals surface area contributed by atoms with Gasteiger partial charge in [-0.15, -0.1) is 0 Å². The van der Waals surface area contributed by atoms with E-state index < -0.39 is 16.0 Å². The fourth-order valence-corrected chi connectivity index (χ4v) is 1.87. The zero-order valence-electron chi connectivity index (χ0n) is 9.46. The molecule has 8 heteroatoms. The first kappa shape index (κ1) is 14.4. The first-order valence-corrected chi connectivity index (χ1v) is 6.66. The number of hydrogen-bond donors (Lipinski definition) is 4. The predicted molar refractivity (Wildman–Crippen MR) is 65.0 cm³/mol. The lowest BCUT2D eigenvalue weighted by Crippen LogP contribution is -2.14. The molecule has 0 unspecified atom stereocenters. The number of aliphatic hydroxyl groups excluding tert-OH is 1. The molecule has 1 rings (SSSR count). The van der Waals surface area contributed by atoms with Crippen LogP contribution in [-0.4, -0.2) is 37.8 Å². The SMILES string of the molecule is NS(=O)(=O)c1ccc(NCCCO)c(C(=O)O)c1. The number of primary sulfonamides is 1. The molecule has 0 saturated heterocycles. The maximum Gasteiger partial charge on any atom is 0.337 e. The number of carboxylic acids is 1. The zero-order chi connectivity index (χ0) is 13.8. The summed E-state index contributed by atoms with van der Waals surface area (Å²) in [5, 5.41) is 25.3. The highest BCUT2D eigenvalue weighted by molar-refractivity contribution is 7.89. The van der Waals surface area contributed by atoms with Crippen LogP contribution in [-0.2, 0) is 10.0 Å². The smallest absolute Gasteiger partial charge is 0.337 e. The molecular formula is C10H14N2O5S. The Labute approximate surface area is 104 Å². The highest BCUT2D eigenvalue weighted by Gasteiger charge is 2.15. The van der Waals surface area contributed by atoms with Gasteiger partial charge in [-0.1, -0.05) is 0 Å². The number of nitrogens with one attached hydrogen (secondary N) is 1. The molecule has 7 nitrogen and oxygen atoms in total. The Kier molecular flexibility index (Phi) is 4.65. The van der Waals surface area contributed by atoms with Crippen molar-refractivity contribution >= 4 is 21.7 Å². The van der Waals surface area contributed by atoms with Crippen molar-refractivity contribution in [3.63, 3.8) is 0 Å². The summed E-state index contributed by atoms with van der Waals surface area (Å²) in [5.74, 6) is -1.26. The maximum absolute atomic E-state index is 11.1. The maximum atomic E-state index is 11.1. The van der Waals surface area contributed by atoms with Gasteiger partial charge in [0.2, 0.25) is 10.0 Å². The van der Waals surface area contributed by atoms with Crippen LogP contribution >= 0.6 is 0 Å². The third-order valence-corrected chi connectivity index (χ3v) is 3.11. The lowest BCUT2D eigenvalue weighted by Gasteiger charge is -2.10. The third-order valence-electron chi connectivity index (χ3n) is 2.20. The quantitative estimate of drug-likeness (QED) is 0.533. The van der Waals surface area contributed by atoms with Crippen molar-refractivity contribution in [2.24, 2.45) is 5.14 Å². The van der Waals surface area contributed by atoms with E-state index in [0.29, 0.717) is 13.0 Å². The summed E-state index contributed by atoms with van der Waals surface area (Å²) in [6.07, 6.45) is 0.454. The van der Waals surface area contributed by atoms with Gasteiger partial charge in [0.15, 0.2) is 0 Å². The number of carbonyl (C=O) groups is 1. The molecule has 0 saturated carbocycles. The van der Waals surface area contributed by atoms with E-state index in [1.54, 1.807) is 0 Å². The molecule has 0 fully saturated rings. The Balaban J connectivity index is 3.09. The summed E-state index contributed by atoms with van der Waals surface area (Å²) < 4.78 is 22.2. The number of aromatic carboxylic acids is 1. The number of anilines is 1. The topological polar surface area (TPSA) is 130 Å². The molecule has 1 aromatic carbocycles. The van der Waals surface area contributed by atoms with Gasteiger partial charge in [-0.05, 0) is 24.6 Å². The minimum absolute atomic E-state index is 0.0231. The molecule has 0 heterocycles. The van der Waals surface area contributed by atoms with E-state index in [-0.39, 0.29) is 22.8 Å². The van der Waals surface area contributed by atoms with Crippen LogP contribution in [0.3, 0.4) is 0 Å². The van der Waals surface area contributed by atoms with Crippen LogP contribution in [0.15, 0.2) is 23.1 Å². The van der Waals surface area contributed by atoms with Gasteiger partial charge in [-0.25, -0.2) is 18.4 Å². The Bertz CT molecular complexity index is 541. The van der Waals surface area contributed by atoms with Gasteiger partial charge in [-0.2, -0.15) is 0 Å². The van der Waals surface area contributed by atoms with E-state index in [1.165, 1.54) is 12.1 Å². The fourth-order valence-electron chi connectivity index (χ4n) is 1.33. The van der Waals surface area contributed by atoms with E-state index in [2.05, 4.69) is 5.32 Å². The van der Waals surface area contributed by atoms with Crippen LogP contribution in [0.4, 0.5) is 5.69 Å². The molecular weight excluding hydrogens is 260 g/mol. The summed E-state index contributed by atoms with van der Waals surface area (Å²) in [4.78, 5) is 10.8. The van der Waals surface area contributed by atoms with Gasteiger partial charge >= 0.3 is 5.97 Å². The summed E-state index contributed by atoms with van der Waals surface area (Å²) in [6.45, 7) is 0.357. The lowest BCUT2D eigenvalue weighted by molar-refractivity contribution is 0.0697. The Hall–Kier alpha value is -1.64. The second kappa shape index (κ2) is 5.80. The predicted octanol–water partition coefficient (Wildman–Crippen LogP) is -0.173. The van der Waals surface area contributed by atoms with Crippen molar-refractivity contribution in [3.8, 4) is 0 Å². The first-order valence-electron chi connectivity index (χ1n) is 5.11. The van der Waals surface area contributed by atoms with Gasteiger partial charge in [-0.3, -0.25) is 0 Å². The van der Waals surface area contributed by atoms with Crippen molar-refractivity contribution in [2.45, 2.75) is 11.3 Å². The Morgan fingerprint density at radius 1 is 1.39 bits per heavy atom. The van der Waals surface area contributed by atoms with Gasteiger partial charge in [0, 0.05) is 18.8 Å². The molecule has 5 N–H and O–H groups in total. The standard InChI is InChI=1S/C10H14N2O5S/c11-18(16,17)7-2-3-9(12-4-1-5-13)8(6-7)10(14)15/h2-3,6,12-13H,1,4-5H2,(H,14,15)(H2,11,16,17). The summed E-state index contributed by atoms with van der Waals surface area (Å²) >= 11 is 0. The van der Waals surface area contributed by atoms with Crippen molar-refractivity contribution in [1.29, 1.82) is 0 Å². The molecule has 0 aromatic heterocycles. The van der Waals surface area contributed by atoms with Gasteiger partial charge in [0.1, 0.15) is 0 Å². The van der Waals surface area contributed by atoms with Crippen LogP contribution in [0.25, 0.3) is 0 Å². The van der Waals surface area contributed by atoms with E-state index in [0.717, 1.165) is 6.07 Å². The van der Waals surface area contributed by atoms with Crippen LogP contribution in [0.1, 0.15) is 16.8 Å². The van der Waals surface area contributed by atoms with Crippen LogP contribution < -0.4 is 10.5 Å². The number of carboxylic acid groups (broad SMARTS) is 1. The molecule has 0 aliphatic heterocycles. The van der Waals surface area contributed by atoms with Crippen LogP contribution in [0, 0.1) is 0 Å². The van der Waals surface area contributed by atoms with Crippen molar-refractivity contribution < 1.29 is 23.4 Å². The number of hydrogen-bond acceptors (Lipinski definition) is 5. The number of benzene rings is 1. The highest BCUT2D eigenvalue weighted by atomic mass is 32.2. The molecule has 1 aromatic rings. The van der Waals surface area contributed by atoms with E-state index in [4.69, 9.17) is 15.4 Å². The number of sulfonamides is 1. The second-order valence-electron chi connectivity index (χ2n) is 3.56. The van der Waals surface area contributed by atoms with Crippen LogP contribution in [0.2, 0.25) is 0 Å². The summed E-state index contributed by atoms with van der Waals surface area (Å²) in [5.41, 5.74) is 0.0998. The third kappa shape index (κ3) is 3.69.